The van der Waals surface area contributed by atoms with E-state index >= 15 is 0 Å². The van der Waals surface area contributed by atoms with E-state index in [2.05, 4.69) is 9.88 Å². The number of nitrogens with two attached hydrogens (primary N) is 1. The highest BCUT2D eigenvalue weighted by Crippen LogP contribution is 2.23. The van der Waals surface area contributed by atoms with Crippen LogP contribution >= 0.6 is 11.3 Å². The molecule has 0 aliphatic carbocycles. The van der Waals surface area contributed by atoms with E-state index in [1.54, 1.807) is 6.20 Å². The molecule has 4 nitrogen and oxygen atoms in total. The Labute approximate surface area is 125 Å². The van der Waals surface area contributed by atoms with Crippen molar-refractivity contribution >= 4 is 22.2 Å². The number of nitrogen functional groups attached to an aromatic ring is 1. The van der Waals surface area contributed by atoms with Gasteiger partial charge >= 0.3 is 0 Å². The van der Waals surface area contributed by atoms with E-state index in [4.69, 9.17) is 5.73 Å². The van der Waals surface area contributed by atoms with E-state index in [9.17, 15) is 8.78 Å². The van der Waals surface area contributed by atoms with Gasteiger partial charge in [-0.25, -0.2) is 13.8 Å². The number of benzene rings is 1. The number of thiazole rings is 1. The summed E-state index contributed by atoms with van der Waals surface area (Å²) in [5, 5.41) is 0.581. The van der Waals surface area contributed by atoms with Crippen LogP contribution in [-0.4, -0.2) is 36.1 Å². The van der Waals surface area contributed by atoms with E-state index in [-0.39, 0.29) is 0 Å². The molecule has 0 radical (unpaired) electrons. The minimum Gasteiger partial charge on any atom is -0.375 e. The van der Waals surface area contributed by atoms with Crippen LogP contribution in [0.2, 0.25) is 0 Å². The predicted molar refractivity (Wildman–Crippen MR) is 80.4 cm³/mol. The van der Waals surface area contributed by atoms with Gasteiger partial charge in [-0.05, 0) is 12.1 Å². The Morgan fingerprint density at radius 1 is 1.19 bits per heavy atom. The van der Waals surface area contributed by atoms with Crippen molar-refractivity contribution < 1.29 is 8.78 Å². The molecule has 7 heteroatoms. The van der Waals surface area contributed by atoms with Crippen molar-refractivity contribution in [3.8, 4) is 0 Å². The molecule has 21 heavy (non-hydrogen) atoms. The Morgan fingerprint density at radius 2 is 1.95 bits per heavy atom. The van der Waals surface area contributed by atoms with Gasteiger partial charge in [0.25, 0.3) is 0 Å². The second-order valence-corrected chi connectivity index (χ2v) is 6.17. The summed E-state index contributed by atoms with van der Waals surface area (Å²) >= 11 is 1.49. The first-order valence-corrected chi connectivity index (χ1v) is 7.56. The molecule has 1 fully saturated rings. The molecule has 0 unspecified atom stereocenters. The Balaban J connectivity index is 1.59. The lowest BCUT2D eigenvalue weighted by Crippen LogP contribution is -2.46. The topological polar surface area (TPSA) is 45.4 Å². The summed E-state index contributed by atoms with van der Waals surface area (Å²) in [4.78, 5) is 9.41. The van der Waals surface area contributed by atoms with Crippen LogP contribution in [0.25, 0.3) is 0 Å². The molecule has 0 spiro atoms. The second-order valence-electron chi connectivity index (χ2n) is 5.02. The number of anilines is 2. The SMILES string of the molecule is Nc1ncc(CN2CCN(c3ccc(F)cc3F)CC2)s1. The molecule has 0 bridgehead atoms. The minimum atomic E-state index is -0.544. The standard InChI is InChI=1S/C14H16F2N4S/c15-10-1-2-13(12(16)7-10)20-5-3-19(4-6-20)9-11-8-18-14(17)21-11/h1-2,7-8H,3-6,9H2,(H2,17,18). The maximum atomic E-state index is 13.8. The lowest BCUT2D eigenvalue weighted by atomic mass is 10.2. The van der Waals surface area contributed by atoms with Crippen molar-refractivity contribution in [1.82, 2.24) is 9.88 Å². The first kappa shape index (κ1) is 14.2. The molecule has 112 valence electrons. The number of halogens is 2. The van der Waals surface area contributed by atoms with Gasteiger partial charge in [0.1, 0.15) is 11.6 Å². The Bertz CT molecular complexity index is 623. The summed E-state index contributed by atoms with van der Waals surface area (Å²) in [5.74, 6) is -1.05. The molecule has 1 aliphatic rings. The zero-order valence-electron chi connectivity index (χ0n) is 11.4. The molecule has 2 heterocycles. The molecular weight excluding hydrogens is 294 g/mol. The number of hydrogen-bond donors (Lipinski definition) is 1. The third kappa shape index (κ3) is 3.30. The first-order valence-electron chi connectivity index (χ1n) is 6.74. The maximum absolute atomic E-state index is 13.8. The van der Waals surface area contributed by atoms with Crippen LogP contribution in [0.1, 0.15) is 4.88 Å². The van der Waals surface area contributed by atoms with Gasteiger partial charge in [0.2, 0.25) is 0 Å². The molecule has 1 aromatic carbocycles. The van der Waals surface area contributed by atoms with Crippen LogP contribution in [0, 0.1) is 11.6 Å². The summed E-state index contributed by atoms with van der Waals surface area (Å²) in [6, 6.07) is 3.73. The van der Waals surface area contributed by atoms with Crippen molar-refractivity contribution in [2.45, 2.75) is 6.54 Å². The van der Waals surface area contributed by atoms with Gasteiger partial charge in [-0.3, -0.25) is 4.90 Å². The third-order valence-electron chi connectivity index (χ3n) is 3.57. The Hall–Kier alpha value is -1.73. The molecular formula is C14H16F2N4S. The number of hydrogen-bond acceptors (Lipinski definition) is 5. The monoisotopic (exact) mass is 310 g/mol. The highest BCUT2D eigenvalue weighted by atomic mass is 32.1. The highest BCUT2D eigenvalue weighted by molar-refractivity contribution is 7.15. The van der Waals surface area contributed by atoms with Crippen LogP contribution in [0.5, 0.6) is 0 Å². The van der Waals surface area contributed by atoms with E-state index in [0.29, 0.717) is 10.8 Å². The fourth-order valence-electron chi connectivity index (χ4n) is 2.50. The number of nitrogens with zero attached hydrogens (tertiary/aromatic N) is 3. The second kappa shape index (κ2) is 5.95. The molecule has 2 aromatic rings. The van der Waals surface area contributed by atoms with Crippen LogP contribution in [0.4, 0.5) is 19.6 Å². The van der Waals surface area contributed by atoms with E-state index < -0.39 is 11.6 Å². The molecule has 2 N–H and O–H groups in total. The van der Waals surface area contributed by atoms with Crippen LogP contribution in [0.15, 0.2) is 24.4 Å². The third-order valence-corrected chi connectivity index (χ3v) is 4.38. The lowest BCUT2D eigenvalue weighted by molar-refractivity contribution is 0.251. The zero-order valence-corrected chi connectivity index (χ0v) is 12.2. The minimum absolute atomic E-state index is 0.470. The van der Waals surface area contributed by atoms with Crippen molar-refractivity contribution in [1.29, 1.82) is 0 Å². The predicted octanol–water partition coefficient (Wildman–Crippen LogP) is 2.33. The lowest BCUT2D eigenvalue weighted by Gasteiger charge is -2.35. The first-order chi connectivity index (χ1) is 10.1. The van der Waals surface area contributed by atoms with Crippen molar-refractivity contribution in [2.75, 3.05) is 36.8 Å². The fraction of sp³-hybridized carbons (Fsp3) is 0.357. The highest BCUT2D eigenvalue weighted by Gasteiger charge is 2.20. The summed E-state index contributed by atoms with van der Waals surface area (Å²) < 4.78 is 26.7. The number of piperazine rings is 1. The van der Waals surface area contributed by atoms with Crippen molar-refractivity contribution in [3.05, 3.63) is 40.9 Å². The fourth-order valence-corrected chi connectivity index (χ4v) is 3.23. The van der Waals surface area contributed by atoms with Gasteiger partial charge < -0.3 is 10.6 Å². The van der Waals surface area contributed by atoms with Crippen LogP contribution in [-0.2, 0) is 6.54 Å². The van der Waals surface area contributed by atoms with Gasteiger partial charge in [-0.1, -0.05) is 0 Å². The van der Waals surface area contributed by atoms with Crippen molar-refractivity contribution in [2.24, 2.45) is 0 Å². The average molecular weight is 310 g/mol. The van der Waals surface area contributed by atoms with E-state index in [0.717, 1.165) is 43.7 Å². The molecule has 1 aromatic heterocycles. The molecule has 1 aliphatic heterocycles. The number of aromatic nitrogens is 1. The van der Waals surface area contributed by atoms with Gasteiger partial charge in [0.05, 0.1) is 5.69 Å². The smallest absolute Gasteiger partial charge is 0.180 e. The van der Waals surface area contributed by atoms with Crippen LogP contribution < -0.4 is 10.6 Å². The summed E-state index contributed by atoms with van der Waals surface area (Å²) in [6.07, 6.45) is 1.80. The molecule has 0 atom stereocenters. The van der Waals surface area contributed by atoms with E-state index in [1.165, 1.54) is 23.5 Å². The van der Waals surface area contributed by atoms with Gasteiger partial charge in [-0.15, -0.1) is 11.3 Å². The van der Waals surface area contributed by atoms with Crippen LogP contribution in [0.3, 0.4) is 0 Å². The maximum Gasteiger partial charge on any atom is 0.180 e. The molecule has 1 saturated heterocycles. The zero-order chi connectivity index (χ0) is 14.8. The molecule has 0 saturated carbocycles. The van der Waals surface area contributed by atoms with Gasteiger partial charge in [0.15, 0.2) is 5.13 Å². The Kier molecular flexibility index (Phi) is 4.03. The summed E-state index contributed by atoms with van der Waals surface area (Å²) in [5.41, 5.74) is 6.09. The molecule has 3 rings (SSSR count). The average Bonchev–Trinajstić information content (AvgIpc) is 2.85. The van der Waals surface area contributed by atoms with Gasteiger partial charge in [0, 0.05) is 49.9 Å². The number of rotatable bonds is 3. The Morgan fingerprint density at radius 3 is 2.57 bits per heavy atom. The quantitative estimate of drug-likeness (QED) is 0.945. The van der Waals surface area contributed by atoms with Gasteiger partial charge in [-0.2, -0.15) is 0 Å². The summed E-state index contributed by atoms with van der Waals surface area (Å²) in [6.45, 7) is 3.91. The van der Waals surface area contributed by atoms with Crippen molar-refractivity contribution in [3.63, 3.8) is 0 Å². The molecule has 0 amide bonds. The largest absolute Gasteiger partial charge is 0.375 e. The van der Waals surface area contributed by atoms with E-state index in [1.807, 2.05) is 4.90 Å². The normalized spacial score (nSPS) is 16.4. The summed E-state index contributed by atoms with van der Waals surface area (Å²) in [7, 11) is 0.